The van der Waals surface area contributed by atoms with Crippen LogP contribution in [0.4, 0.5) is 4.39 Å². The van der Waals surface area contributed by atoms with Crippen molar-refractivity contribution in [3.63, 3.8) is 0 Å². The van der Waals surface area contributed by atoms with Crippen molar-refractivity contribution >= 4 is 0 Å². The van der Waals surface area contributed by atoms with E-state index in [1.165, 1.54) is 6.42 Å². The zero-order valence-electron chi connectivity index (χ0n) is 7.72. The number of fused-ring (bicyclic) bond motifs is 1. The Hall–Kier alpha value is -0.110. The fourth-order valence-corrected chi connectivity index (χ4v) is 3.33. The largest absolute Gasteiger partial charge is 0.330 e. The summed E-state index contributed by atoms with van der Waals surface area (Å²) in [5.74, 6) is 1.28. The summed E-state index contributed by atoms with van der Waals surface area (Å²) in [6.07, 6.45) is 3.39. The molecule has 0 aliphatic heterocycles. The first-order chi connectivity index (χ1) is 5.72. The van der Waals surface area contributed by atoms with Crippen LogP contribution in [-0.2, 0) is 0 Å². The van der Waals surface area contributed by atoms with Gasteiger partial charge in [0, 0.05) is 0 Å². The second-order valence-electron chi connectivity index (χ2n) is 4.56. The number of rotatable bonds is 2. The standard InChI is InChI=1S/C10H18FN/c1-2-10(6-12)5-7-3-8(11)4-9(7)10/h7-9H,2-6,12H2,1H3/t7?,8-,9?,10+/m0/s1. The molecule has 2 unspecified atom stereocenters. The first-order valence-electron chi connectivity index (χ1n) is 5.06. The van der Waals surface area contributed by atoms with E-state index in [1.54, 1.807) is 0 Å². The van der Waals surface area contributed by atoms with Gasteiger partial charge in [-0.2, -0.15) is 0 Å². The SMILES string of the molecule is CC[C@]1(CN)CC2C[C@H](F)CC21. The maximum absolute atomic E-state index is 13.0. The maximum Gasteiger partial charge on any atom is 0.101 e. The van der Waals surface area contributed by atoms with Crippen molar-refractivity contribution in [1.82, 2.24) is 0 Å². The molecule has 0 radical (unpaired) electrons. The monoisotopic (exact) mass is 171 g/mol. The van der Waals surface area contributed by atoms with Crippen molar-refractivity contribution in [2.75, 3.05) is 6.54 Å². The summed E-state index contributed by atoms with van der Waals surface area (Å²) in [5.41, 5.74) is 6.08. The molecule has 0 aromatic carbocycles. The Morgan fingerprint density at radius 3 is 2.75 bits per heavy atom. The van der Waals surface area contributed by atoms with Crippen molar-refractivity contribution in [3.05, 3.63) is 0 Å². The van der Waals surface area contributed by atoms with Gasteiger partial charge in [0.25, 0.3) is 0 Å². The molecular weight excluding hydrogens is 153 g/mol. The van der Waals surface area contributed by atoms with Gasteiger partial charge in [-0.15, -0.1) is 0 Å². The minimum atomic E-state index is -0.528. The van der Waals surface area contributed by atoms with E-state index in [2.05, 4.69) is 6.92 Å². The topological polar surface area (TPSA) is 26.0 Å². The summed E-state index contributed by atoms with van der Waals surface area (Å²) in [4.78, 5) is 0. The highest BCUT2D eigenvalue weighted by Crippen LogP contribution is 2.60. The van der Waals surface area contributed by atoms with Gasteiger partial charge in [0.05, 0.1) is 0 Å². The van der Waals surface area contributed by atoms with Crippen LogP contribution in [0.5, 0.6) is 0 Å². The number of hydrogen-bond donors (Lipinski definition) is 1. The smallest absolute Gasteiger partial charge is 0.101 e. The predicted molar refractivity (Wildman–Crippen MR) is 47.5 cm³/mol. The maximum atomic E-state index is 13.0. The molecule has 0 saturated heterocycles. The molecule has 0 bridgehead atoms. The van der Waals surface area contributed by atoms with Crippen LogP contribution in [0.2, 0.25) is 0 Å². The molecule has 0 aromatic rings. The lowest BCUT2D eigenvalue weighted by Gasteiger charge is -2.52. The molecule has 2 saturated carbocycles. The molecule has 2 aliphatic rings. The van der Waals surface area contributed by atoms with Gasteiger partial charge in [-0.25, -0.2) is 4.39 Å². The van der Waals surface area contributed by atoms with Crippen LogP contribution in [0.25, 0.3) is 0 Å². The molecule has 2 N–H and O–H groups in total. The molecule has 2 rings (SSSR count). The number of alkyl halides is 1. The average molecular weight is 171 g/mol. The molecule has 1 nitrogen and oxygen atoms in total. The normalized spacial score (nSPS) is 51.8. The van der Waals surface area contributed by atoms with Crippen LogP contribution in [-0.4, -0.2) is 12.7 Å². The molecular formula is C10H18FN. The first-order valence-corrected chi connectivity index (χ1v) is 5.06. The zero-order valence-corrected chi connectivity index (χ0v) is 7.72. The summed E-state index contributed by atoms with van der Waals surface area (Å²) < 4.78 is 13.0. The molecule has 0 spiro atoms. The van der Waals surface area contributed by atoms with Gasteiger partial charge >= 0.3 is 0 Å². The van der Waals surface area contributed by atoms with Gasteiger partial charge < -0.3 is 5.73 Å². The minimum absolute atomic E-state index is 0.325. The highest BCUT2D eigenvalue weighted by Gasteiger charge is 2.55. The Morgan fingerprint density at radius 2 is 2.25 bits per heavy atom. The van der Waals surface area contributed by atoms with Crippen LogP contribution in [0.15, 0.2) is 0 Å². The summed E-state index contributed by atoms with van der Waals surface area (Å²) >= 11 is 0. The van der Waals surface area contributed by atoms with Gasteiger partial charge in [0.15, 0.2) is 0 Å². The Kier molecular flexibility index (Phi) is 1.90. The quantitative estimate of drug-likeness (QED) is 0.676. The fourth-order valence-electron chi connectivity index (χ4n) is 3.33. The van der Waals surface area contributed by atoms with E-state index in [1.807, 2.05) is 0 Å². The van der Waals surface area contributed by atoms with Crippen molar-refractivity contribution < 1.29 is 4.39 Å². The van der Waals surface area contributed by atoms with E-state index in [0.717, 1.165) is 25.8 Å². The van der Waals surface area contributed by atoms with E-state index in [9.17, 15) is 4.39 Å². The minimum Gasteiger partial charge on any atom is -0.330 e. The average Bonchev–Trinajstić information content (AvgIpc) is 2.35. The van der Waals surface area contributed by atoms with Gasteiger partial charge in [-0.3, -0.25) is 0 Å². The van der Waals surface area contributed by atoms with Crippen LogP contribution >= 0.6 is 0 Å². The molecule has 12 heavy (non-hydrogen) atoms. The van der Waals surface area contributed by atoms with Crippen molar-refractivity contribution in [1.29, 1.82) is 0 Å². The second kappa shape index (κ2) is 2.69. The van der Waals surface area contributed by atoms with Gasteiger partial charge in [-0.1, -0.05) is 6.92 Å². The lowest BCUT2D eigenvalue weighted by atomic mass is 9.54. The summed E-state index contributed by atoms with van der Waals surface area (Å²) in [5, 5.41) is 0. The van der Waals surface area contributed by atoms with Crippen LogP contribution in [0.3, 0.4) is 0 Å². The summed E-state index contributed by atoms with van der Waals surface area (Å²) in [6, 6.07) is 0. The Morgan fingerprint density at radius 1 is 1.50 bits per heavy atom. The third-order valence-electron chi connectivity index (χ3n) is 4.20. The molecule has 4 atom stereocenters. The van der Waals surface area contributed by atoms with Crippen molar-refractivity contribution in [3.8, 4) is 0 Å². The molecule has 2 aliphatic carbocycles. The second-order valence-corrected chi connectivity index (χ2v) is 4.56. The molecule has 2 fully saturated rings. The van der Waals surface area contributed by atoms with Crippen LogP contribution < -0.4 is 5.73 Å². The molecule has 0 heterocycles. The Bertz CT molecular complexity index is 177. The van der Waals surface area contributed by atoms with Gasteiger partial charge in [0.2, 0.25) is 0 Å². The molecule has 70 valence electrons. The first kappa shape index (κ1) is 8.49. The third kappa shape index (κ3) is 0.936. The number of nitrogens with two attached hydrogens (primary N) is 1. The Balaban J connectivity index is 2.06. The molecule has 2 heteroatoms. The fraction of sp³-hybridized carbons (Fsp3) is 1.00. The number of hydrogen-bond acceptors (Lipinski definition) is 1. The van der Waals surface area contributed by atoms with E-state index in [-0.39, 0.29) is 0 Å². The van der Waals surface area contributed by atoms with Crippen LogP contribution in [0.1, 0.15) is 32.6 Å². The third-order valence-corrected chi connectivity index (χ3v) is 4.20. The molecule has 0 aromatic heterocycles. The van der Waals surface area contributed by atoms with E-state index < -0.39 is 6.17 Å². The number of halogens is 1. The summed E-state index contributed by atoms with van der Waals surface area (Å²) in [7, 11) is 0. The lowest BCUT2D eigenvalue weighted by molar-refractivity contribution is -0.0165. The van der Waals surface area contributed by atoms with Gasteiger partial charge in [-0.05, 0) is 49.5 Å². The highest BCUT2D eigenvalue weighted by molar-refractivity contribution is 5.06. The van der Waals surface area contributed by atoms with Crippen LogP contribution in [0, 0.1) is 17.3 Å². The van der Waals surface area contributed by atoms with Crippen molar-refractivity contribution in [2.45, 2.75) is 38.8 Å². The van der Waals surface area contributed by atoms with E-state index in [0.29, 0.717) is 17.3 Å². The van der Waals surface area contributed by atoms with Gasteiger partial charge in [0.1, 0.15) is 6.17 Å². The Labute approximate surface area is 73.5 Å². The predicted octanol–water partition coefficient (Wildman–Crippen LogP) is 2.11. The highest BCUT2D eigenvalue weighted by atomic mass is 19.1. The zero-order chi connectivity index (χ0) is 8.77. The molecule has 0 amide bonds. The lowest BCUT2D eigenvalue weighted by Crippen LogP contribution is -2.49. The summed E-state index contributed by atoms with van der Waals surface area (Å²) in [6.45, 7) is 2.95. The van der Waals surface area contributed by atoms with E-state index >= 15 is 0 Å². The van der Waals surface area contributed by atoms with E-state index in [4.69, 9.17) is 5.73 Å². The van der Waals surface area contributed by atoms with Crippen molar-refractivity contribution in [2.24, 2.45) is 23.0 Å².